The van der Waals surface area contributed by atoms with Crippen molar-refractivity contribution in [2.45, 2.75) is 90.8 Å². The van der Waals surface area contributed by atoms with E-state index in [2.05, 4.69) is 47.4 Å². The lowest BCUT2D eigenvalue weighted by molar-refractivity contribution is 0.282. The Labute approximate surface area is 214 Å². The van der Waals surface area contributed by atoms with Crippen molar-refractivity contribution >= 4 is 19.4 Å². The highest BCUT2D eigenvalue weighted by molar-refractivity contribution is 6.83. The predicted octanol–water partition coefficient (Wildman–Crippen LogP) is 8.91. The van der Waals surface area contributed by atoms with Gasteiger partial charge in [0.05, 0.1) is 18.0 Å². The summed E-state index contributed by atoms with van der Waals surface area (Å²) >= 11 is 0. The standard InChI is InChI=1S/C30H44N2O2Si/c1-26-25-27(21-24-35(2,3)4)15-20-30(26)32-31-28-16-18-29(19-17-28)34-23-14-12-10-8-6-5-7-9-11-13-22-33/h15-20,25,33H,5-14,22-23H2,1-4H3. The van der Waals surface area contributed by atoms with Gasteiger partial charge in [0, 0.05) is 12.2 Å². The fourth-order valence-electron chi connectivity index (χ4n) is 3.64. The summed E-state index contributed by atoms with van der Waals surface area (Å²) in [5.41, 5.74) is 7.20. The van der Waals surface area contributed by atoms with Gasteiger partial charge in [-0.05, 0) is 67.8 Å². The number of hydrogen-bond donors (Lipinski definition) is 1. The molecule has 0 saturated carbocycles. The van der Waals surface area contributed by atoms with Gasteiger partial charge in [0.25, 0.3) is 0 Å². The number of rotatable bonds is 15. The van der Waals surface area contributed by atoms with Crippen LogP contribution in [-0.4, -0.2) is 26.4 Å². The van der Waals surface area contributed by atoms with E-state index < -0.39 is 8.07 Å². The first-order valence-corrected chi connectivity index (χ1v) is 16.8. The van der Waals surface area contributed by atoms with E-state index >= 15 is 0 Å². The van der Waals surface area contributed by atoms with Gasteiger partial charge in [-0.3, -0.25) is 0 Å². The lowest BCUT2D eigenvalue weighted by atomic mass is 10.1. The molecular weight excluding hydrogens is 448 g/mol. The number of aliphatic hydroxyl groups excluding tert-OH is 1. The normalized spacial score (nSPS) is 11.5. The molecule has 0 aliphatic carbocycles. The molecule has 35 heavy (non-hydrogen) atoms. The zero-order valence-corrected chi connectivity index (χ0v) is 23.3. The van der Waals surface area contributed by atoms with E-state index in [4.69, 9.17) is 9.84 Å². The van der Waals surface area contributed by atoms with Gasteiger partial charge in [0.2, 0.25) is 0 Å². The van der Waals surface area contributed by atoms with Crippen LogP contribution in [0.25, 0.3) is 0 Å². The fourth-order valence-corrected chi connectivity index (χ4v) is 4.16. The average molecular weight is 493 g/mol. The molecule has 0 amide bonds. The Morgan fingerprint density at radius 1 is 0.771 bits per heavy atom. The molecule has 0 aliphatic rings. The highest BCUT2D eigenvalue weighted by Crippen LogP contribution is 2.24. The van der Waals surface area contributed by atoms with Crippen molar-refractivity contribution in [3.05, 3.63) is 53.6 Å². The minimum Gasteiger partial charge on any atom is -0.494 e. The molecule has 4 nitrogen and oxygen atoms in total. The van der Waals surface area contributed by atoms with Crippen molar-refractivity contribution < 1.29 is 9.84 Å². The number of azo groups is 1. The summed E-state index contributed by atoms with van der Waals surface area (Å²) in [4.78, 5) is 0. The predicted molar refractivity (Wildman–Crippen MR) is 151 cm³/mol. The van der Waals surface area contributed by atoms with E-state index in [0.29, 0.717) is 6.61 Å². The van der Waals surface area contributed by atoms with Gasteiger partial charge < -0.3 is 9.84 Å². The monoisotopic (exact) mass is 492 g/mol. The Kier molecular flexibility index (Phi) is 13.4. The van der Waals surface area contributed by atoms with Gasteiger partial charge in [0.15, 0.2) is 0 Å². The average Bonchev–Trinajstić information content (AvgIpc) is 2.83. The summed E-state index contributed by atoms with van der Waals surface area (Å²) in [6.45, 7) is 9.89. The van der Waals surface area contributed by atoms with E-state index in [1.165, 1.54) is 51.4 Å². The topological polar surface area (TPSA) is 54.2 Å². The molecule has 2 aromatic carbocycles. The molecular formula is C30H44N2O2Si. The molecule has 1 N–H and O–H groups in total. The van der Waals surface area contributed by atoms with E-state index in [0.717, 1.165) is 47.7 Å². The van der Waals surface area contributed by atoms with Crippen LogP contribution in [0.4, 0.5) is 11.4 Å². The van der Waals surface area contributed by atoms with Gasteiger partial charge in [-0.2, -0.15) is 10.2 Å². The molecule has 0 heterocycles. The van der Waals surface area contributed by atoms with Crippen molar-refractivity contribution in [3.8, 4) is 17.2 Å². The third-order valence-corrected chi connectivity index (χ3v) is 6.58. The SMILES string of the molecule is Cc1cc(C#C[Si](C)(C)C)ccc1N=Nc1ccc(OCCCCCCCCCCCCO)cc1. The van der Waals surface area contributed by atoms with Gasteiger partial charge in [0.1, 0.15) is 13.8 Å². The van der Waals surface area contributed by atoms with Crippen LogP contribution in [0.5, 0.6) is 5.75 Å². The quantitative estimate of drug-likeness (QED) is 0.117. The number of hydrogen-bond acceptors (Lipinski definition) is 4. The Balaban J connectivity index is 1.65. The molecule has 0 aliphatic heterocycles. The zero-order valence-electron chi connectivity index (χ0n) is 22.3. The number of aliphatic hydroxyl groups is 1. The van der Waals surface area contributed by atoms with Crippen molar-refractivity contribution in [1.29, 1.82) is 0 Å². The summed E-state index contributed by atoms with van der Waals surface area (Å²) in [6.07, 6.45) is 12.2. The Bertz CT molecular complexity index is 953. The van der Waals surface area contributed by atoms with Crippen LogP contribution in [0.1, 0.15) is 75.3 Å². The minimum absolute atomic E-state index is 0.335. The second kappa shape index (κ2) is 16.3. The van der Waals surface area contributed by atoms with Crippen LogP contribution in [0.3, 0.4) is 0 Å². The van der Waals surface area contributed by atoms with Crippen molar-refractivity contribution in [3.63, 3.8) is 0 Å². The molecule has 190 valence electrons. The van der Waals surface area contributed by atoms with Gasteiger partial charge in [-0.1, -0.05) is 76.9 Å². The number of aryl methyl sites for hydroxylation is 1. The van der Waals surface area contributed by atoms with E-state index in [1.54, 1.807) is 0 Å². The molecule has 2 aromatic rings. The smallest absolute Gasteiger partial charge is 0.129 e. The van der Waals surface area contributed by atoms with Crippen molar-refractivity contribution in [1.82, 2.24) is 0 Å². The second-order valence-electron chi connectivity index (χ2n) is 10.3. The minimum atomic E-state index is -1.38. The summed E-state index contributed by atoms with van der Waals surface area (Å²) in [5.74, 6) is 4.18. The maximum absolute atomic E-state index is 8.78. The summed E-state index contributed by atoms with van der Waals surface area (Å²) < 4.78 is 5.88. The van der Waals surface area contributed by atoms with Gasteiger partial charge in [-0.15, -0.1) is 5.54 Å². The van der Waals surface area contributed by atoms with Crippen LogP contribution in [0, 0.1) is 18.4 Å². The molecule has 2 rings (SSSR count). The molecule has 0 unspecified atom stereocenters. The lowest BCUT2D eigenvalue weighted by Crippen LogP contribution is -2.16. The first-order valence-electron chi connectivity index (χ1n) is 13.3. The highest BCUT2D eigenvalue weighted by Gasteiger charge is 2.07. The Morgan fingerprint density at radius 3 is 1.94 bits per heavy atom. The number of benzene rings is 2. The second-order valence-corrected chi connectivity index (χ2v) is 15.1. The van der Waals surface area contributed by atoms with Gasteiger partial charge >= 0.3 is 0 Å². The van der Waals surface area contributed by atoms with E-state index in [9.17, 15) is 0 Å². The van der Waals surface area contributed by atoms with Gasteiger partial charge in [-0.25, -0.2) is 0 Å². The number of nitrogens with zero attached hydrogens (tertiary/aromatic N) is 2. The summed E-state index contributed by atoms with van der Waals surface area (Å²) in [6, 6.07) is 13.9. The third kappa shape index (κ3) is 13.3. The number of ether oxygens (including phenoxy) is 1. The van der Waals surface area contributed by atoms with Crippen LogP contribution >= 0.6 is 0 Å². The van der Waals surface area contributed by atoms with Crippen LogP contribution in [0.2, 0.25) is 19.6 Å². The van der Waals surface area contributed by atoms with Crippen molar-refractivity contribution in [2.24, 2.45) is 10.2 Å². The molecule has 0 fully saturated rings. The third-order valence-electron chi connectivity index (χ3n) is 5.71. The fraction of sp³-hybridized carbons (Fsp3) is 0.533. The van der Waals surface area contributed by atoms with E-state index in [-0.39, 0.29) is 0 Å². The molecule has 5 heteroatoms. The molecule has 0 spiro atoms. The van der Waals surface area contributed by atoms with E-state index in [1.807, 2.05) is 43.3 Å². The van der Waals surface area contributed by atoms with Crippen molar-refractivity contribution in [2.75, 3.05) is 13.2 Å². The maximum Gasteiger partial charge on any atom is 0.129 e. The lowest BCUT2D eigenvalue weighted by Gasteiger charge is -2.06. The molecule has 0 saturated heterocycles. The Hall–Kier alpha value is -2.42. The maximum atomic E-state index is 8.78. The van der Waals surface area contributed by atoms with Crippen LogP contribution < -0.4 is 4.74 Å². The zero-order chi connectivity index (χ0) is 25.4. The number of unbranched alkanes of at least 4 members (excludes halogenated alkanes) is 9. The summed E-state index contributed by atoms with van der Waals surface area (Å²) in [7, 11) is -1.38. The van der Waals surface area contributed by atoms with Crippen LogP contribution in [-0.2, 0) is 0 Å². The highest BCUT2D eigenvalue weighted by atomic mass is 28.3. The molecule has 0 aromatic heterocycles. The Morgan fingerprint density at radius 2 is 1.37 bits per heavy atom. The van der Waals surface area contributed by atoms with Crippen LogP contribution in [0.15, 0.2) is 52.7 Å². The first-order chi connectivity index (χ1) is 16.9. The molecule has 0 atom stereocenters. The molecule has 0 radical (unpaired) electrons. The summed E-state index contributed by atoms with van der Waals surface area (Å²) in [5, 5.41) is 17.6. The molecule has 0 bridgehead atoms. The first kappa shape index (κ1) is 28.8. The largest absolute Gasteiger partial charge is 0.494 e.